The van der Waals surface area contributed by atoms with E-state index in [-0.39, 0.29) is 5.54 Å². The third kappa shape index (κ3) is 2.44. The average Bonchev–Trinajstić information content (AvgIpc) is 2.54. The fraction of sp³-hybridized carbons (Fsp3) is 1.00. The highest BCUT2D eigenvalue weighted by Crippen LogP contribution is 2.34. The molecule has 1 aliphatic heterocycles. The van der Waals surface area contributed by atoms with Gasteiger partial charge in [-0.1, -0.05) is 0 Å². The molecule has 1 aliphatic carbocycles. The van der Waals surface area contributed by atoms with Crippen LogP contribution >= 0.6 is 0 Å². The van der Waals surface area contributed by atoms with Crippen LogP contribution in [0, 0.1) is 0 Å². The number of ether oxygens (including phenoxy) is 1. The maximum Gasteiger partial charge on any atom is 0.0576 e. The van der Waals surface area contributed by atoms with Gasteiger partial charge < -0.3 is 10.5 Å². The molecule has 2 fully saturated rings. The van der Waals surface area contributed by atoms with E-state index < -0.39 is 0 Å². The zero-order chi connectivity index (χ0) is 9.15. The van der Waals surface area contributed by atoms with Gasteiger partial charge in [-0.05, 0) is 51.4 Å². The fourth-order valence-electron chi connectivity index (χ4n) is 2.43. The van der Waals surface area contributed by atoms with Gasteiger partial charge in [-0.25, -0.2) is 0 Å². The molecule has 1 unspecified atom stereocenters. The van der Waals surface area contributed by atoms with Gasteiger partial charge >= 0.3 is 0 Å². The van der Waals surface area contributed by atoms with E-state index in [9.17, 15) is 0 Å². The summed E-state index contributed by atoms with van der Waals surface area (Å²) in [5.74, 6) is 0. The van der Waals surface area contributed by atoms with Crippen molar-refractivity contribution in [2.24, 2.45) is 5.73 Å². The predicted octanol–water partition coefficient (Wildman–Crippen LogP) is 2.22. The van der Waals surface area contributed by atoms with Gasteiger partial charge in [-0.15, -0.1) is 0 Å². The zero-order valence-corrected chi connectivity index (χ0v) is 8.43. The first-order valence-corrected chi connectivity index (χ1v) is 5.69. The molecule has 1 heterocycles. The Morgan fingerprint density at radius 1 is 1.31 bits per heavy atom. The van der Waals surface area contributed by atoms with Crippen LogP contribution in [0.1, 0.15) is 51.4 Å². The highest BCUT2D eigenvalue weighted by atomic mass is 16.5. The number of hydrogen-bond donors (Lipinski definition) is 1. The Kier molecular flexibility index (Phi) is 2.89. The smallest absolute Gasteiger partial charge is 0.0576 e. The van der Waals surface area contributed by atoms with Crippen LogP contribution in [-0.2, 0) is 4.74 Å². The molecule has 0 aromatic carbocycles. The molecule has 13 heavy (non-hydrogen) atoms. The molecule has 2 aliphatic rings. The number of nitrogens with two attached hydrogens (primary N) is 1. The lowest BCUT2D eigenvalue weighted by atomic mass is 9.74. The van der Waals surface area contributed by atoms with Gasteiger partial charge in [0.25, 0.3) is 0 Å². The highest BCUT2D eigenvalue weighted by molar-refractivity contribution is 4.92. The highest BCUT2D eigenvalue weighted by Gasteiger charge is 2.31. The van der Waals surface area contributed by atoms with Crippen molar-refractivity contribution >= 4 is 0 Å². The molecule has 1 atom stereocenters. The van der Waals surface area contributed by atoms with Crippen LogP contribution in [0.4, 0.5) is 0 Å². The molecule has 0 bridgehead atoms. The van der Waals surface area contributed by atoms with Crippen molar-refractivity contribution in [2.45, 2.75) is 63.0 Å². The standard InChI is InChI=1S/C11H21NO/c12-11(7-3-8-11)6-1-4-10-5-2-9-13-10/h10H,1-9,12H2. The van der Waals surface area contributed by atoms with E-state index in [1.54, 1.807) is 0 Å². The summed E-state index contributed by atoms with van der Waals surface area (Å²) in [6.07, 6.45) is 10.7. The van der Waals surface area contributed by atoms with Crippen molar-refractivity contribution in [3.8, 4) is 0 Å². The van der Waals surface area contributed by atoms with Crippen molar-refractivity contribution in [3.63, 3.8) is 0 Å². The first-order chi connectivity index (χ1) is 6.29. The maximum atomic E-state index is 6.15. The first-order valence-electron chi connectivity index (χ1n) is 5.69. The van der Waals surface area contributed by atoms with Gasteiger partial charge in [-0.3, -0.25) is 0 Å². The van der Waals surface area contributed by atoms with Gasteiger partial charge in [0.1, 0.15) is 0 Å². The monoisotopic (exact) mass is 183 g/mol. The SMILES string of the molecule is NC1(CCCC2CCCO2)CCC1. The quantitative estimate of drug-likeness (QED) is 0.725. The predicted molar refractivity (Wildman–Crippen MR) is 53.6 cm³/mol. The molecular weight excluding hydrogens is 162 g/mol. The van der Waals surface area contributed by atoms with Crippen molar-refractivity contribution in [1.29, 1.82) is 0 Å². The van der Waals surface area contributed by atoms with Crippen LogP contribution in [0.15, 0.2) is 0 Å². The van der Waals surface area contributed by atoms with Crippen molar-refractivity contribution < 1.29 is 4.74 Å². The third-order valence-electron chi connectivity index (χ3n) is 3.57. The van der Waals surface area contributed by atoms with Gasteiger partial charge in [0.2, 0.25) is 0 Å². The van der Waals surface area contributed by atoms with Crippen molar-refractivity contribution in [2.75, 3.05) is 6.61 Å². The molecule has 0 spiro atoms. The topological polar surface area (TPSA) is 35.2 Å². The lowest BCUT2D eigenvalue weighted by Crippen LogP contribution is -2.46. The van der Waals surface area contributed by atoms with Crippen LogP contribution in [0.2, 0.25) is 0 Å². The van der Waals surface area contributed by atoms with Gasteiger partial charge in [0.05, 0.1) is 6.10 Å². The molecule has 0 amide bonds. The Labute approximate surface area is 80.8 Å². The van der Waals surface area contributed by atoms with Crippen LogP contribution < -0.4 is 5.73 Å². The second-order valence-corrected chi connectivity index (χ2v) is 4.74. The van der Waals surface area contributed by atoms with E-state index >= 15 is 0 Å². The Balaban J connectivity index is 1.57. The second-order valence-electron chi connectivity index (χ2n) is 4.74. The summed E-state index contributed by atoms with van der Waals surface area (Å²) in [5, 5.41) is 0. The van der Waals surface area contributed by atoms with E-state index in [4.69, 9.17) is 10.5 Å². The average molecular weight is 183 g/mol. The number of rotatable bonds is 4. The van der Waals surface area contributed by atoms with E-state index in [0.29, 0.717) is 6.10 Å². The molecule has 1 saturated heterocycles. The van der Waals surface area contributed by atoms with Crippen LogP contribution in [0.5, 0.6) is 0 Å². The van der Waals surface area contributed by atoms with E-state index in [0.717, 1.165) is 6.61 Å². The minimum Gasteiger partial charge on any atom is -0.378 e. The summed E-state index contributed by atoms with van der Waals surface area (Å²) in [6.45, 7) is 0.985. The van der Waals surface area contributed by atoms with Crippen LogP contribution in [-0.4, -0.2) is 18.2 Å². The van der Waals surface area contributed by atoms with Crippen molar-refractivity contribution in [1.82, 2.24) is 0 Å². The molecule has 0 aromatic heterocycles. The largest absolute Gasteiger partial charge is 0.378 e. The lowest BCUT2D eigenvalue weighted by Gasteiger charge is -2.38. The molecule has 2 N–H and O–H groups in total. The van der Waals surface area contributed by atoms with E-state index in [2.05, 4.69) is 0 Å². The Bertz CT molecular complexity index is 159. The van der Waals surface area contributed by atoms with Gasteiger partial charge in [0, 0.05) is 12.1 Å². The first kappa shape index (κ1) is 9.47. The Hall–Kier alpha value is -0.0800. The lowest BCUT2D eigenvalue weighted by molar-refractivity contribution is 0.0973. The van der Waals surface area contributed by atoms with E-state index in [1.807, 2.05) is 0 Å². The summed E-state index contributed by atoms with van der Waals surface area (Å²) < 4.78 is 5.58. The minimum absolute atomic E-state index is 0.221. The fourth-order valence-corrected chi connectivity index (χ4v) is 2.43. The van der Waals surface area contributed by atoms with E-state index in [1.165, 1.54) is 51.4 Å². The molecule has 2 rings (SSSR count). The summed E-state index contributed by atoms with van der Waals surface area (Å²) in [4.78, 5) is 0. The van der Waals surface area contributed by atoms with Crippen LogP contribution in [0.3, 0.4) is 0 Å². The molecule has 0 radical (unpaired) electrons. The summed E-state index contributed by atoms with van der Waals surface area (Å²) in [7, 11) is 0. The normalized spacial score (nSPS) is 31.6. The maximum absolute atomic E-state index is 6.15. The third-order valence-corrected chi connectivity index (χ3v) is 3.57. The molecule has 76 valence electrons. The van der Waals surface area contributed by atoms with Gasteiger partial charge in [0.15, 0.2) is 0 Å². The van der Waals surface area contributed by atoms with Crippen molar-refractivity contribution in [3.05, 3.63) is 0 Å². The van der Waals surface area contributed by atoms with Crippen LogP contribution in [0.25, 0.3) is 0 Å². The summed E-state index contributed by atoms with van der Waals surface area (Å²) in [5.41, 5.74) is 6.37. The number of hydrogen-bond acceptors (Lipinski definition) is 2. The zero-order valence-electron chi connectivity index (χ0n) is 8.43. The summed E-state index contributed by atoms with van der Waals surface area (Å²) >= 11 is 0. The molecular formula is C11H21NO. The van der Waals surface area contributed by atoms with Gasteiger partial charge in [-0.2, -0.15) is 0 Å². The summed E-state index contributed by atoms with van der Waals surface area (Å²) in [6, 6.07) is 0. The minimum atomic E-state index is 0.221. The molecule has 2 heteroatoms. The Morgan fingerprint density at radius 2 is 2.15 bits per heavy atom. The Morgan fingerprint density at radius 3 is 2.69 bits per heavy atom. The second kappa shape index (κ2) is 3.97. The molecule has 1 saturated carbocycles. The molecule has 2 nitrogen and oxygen atoms in total. The molecule has 0 aromatic rings.